The fraction of sp³-hybridized carbons (Fsp3) is 0.500. The van der Waals surface area contributed by atoms with Crippen LogP contribution in [0.2, 0.25) is 5.02 Å². The minimum absolute atomic E-state index is 0.0534. The molecule has 0 amide bonds. The van der Waals surface area contributed by atoms with Gasteiger partial charge in [0, 0.05) is 5.02 Å². The first-order valence-corrected chi connectivity index (χ1v) is 6.72. The van der Waals surface area contributed by atoms with Gasteiger partial charge in [0.2, 0.25) is 0 Å². The van der Waals surface area contributed by atoms with Crippen LogP contribution in [0, 0.1) is 11.7 Å². The third-order valence-corrected chi connectivity index (χ3v) is 3.65. The summed E-state index contributed by atoms with van der Waals surface area (Å²) < 4.78 is 18.8. The van der Waals surface area contributed by atoms with Crippen LogP contribution in [-0.4, -0.2) is 17.2 Å². The van der Waals surface area contributed by atoms with Gasteiger partial charge in [0.1, 0.15) is 5.82 Å². The second kappa shape index (κ2) is 6.35. The number of ether oxygens (including phenoxy) is 1. The molecular formula is C14H16ClFO3. The molecule has 0 spiro atoms. The van der Waals surface area contributed by atoms with Crippen LogP contribution in [0.3, 0.4) is 0 Å². The molecular weight excluding hydrogens is 271 g/mol. The minimum Gasteiger partial charge on any atom is -0.481 e. The van der Waals surface area contributed by atoms with Crippen molar-refractivity contribution in [2.75, 3.05) is 0 Å². The smallest absolute Gasteiger partial charge is 0.306 e. The van der Waals surface area contributed by atoms with Crippen LogP contribution in [0.15, 0.2) is 18.2 Å². The number of hydrogen-bond donors (Lipinski definition) is 1. The van der Waals surface area contributed by atoms with Gasteiger partial charge in [-0.2, -0.15) is 0 Å². The molecule has 0 atom stereocenters. The number of aliphatic carboxylic acids is 1. The lowest BCUT2D eigenvalue weighted by Gasteiger charge is -2.26. The first-order chi connectivity index (χ1) is 9.04. The highest BCUT2D eigenvalue weighted by Gasteiger charge is 2.26. The van der Waals surface area contributed by atoms with Crippen LogP contribution in [-0.2, 0) is 16.1 Å². The fourth-order valence-corrected chi connectivity index (χ4v) is 2.63. The molecule has 0 saturated heterocycles. The molecule has 1 fully saturated rings. The Morgan fingerprint density at radius 3 is 2.58 bits per heavy atom. The van der Waals surface area contributed by atoms with Gasteiger partial charge in [-0.1, -0.05) is 11.6 Å². The summed E-state index contributed by atoms with van der Waals surface area (Å²) in [5, 5.41) is 9.25. The Balaban J connectivity index is 1.82. The van der Waals surface area contributed by atoms with Gasteiger partial charge in [-0.25, -0.2) is 4.39 Å². The Hall–Kier alpha value is -1.13. The molecule has 2 rings (SSSR count). The van der Waals surface area contributed by atoms with E-state index in [0.29, 0.717) is 30.0 Å². The van der Waals surface area contributed by atoms with Gasteiger partial charge in [0.25, 0.3) is 0 Å². The van der Waals surface area contributed by atoms with E-state index >= 15 is 0 Å². The Bertz CT molecular complexity index is 436. The summed E-state index contributed by atoms with van der Waals surface area (Å²) in [6.45, 7) is 0.305. The fourth-order valence-electron chi connectivity index (χ4n) is 2.38. The van der Waals surface area contributed by atoms with Gasteiger partial charge < -0.3 is 9.84 Å². The standard InChI is InChI=1S/C14H16ClFO3/c15-11-5-9(6-12(16)7-11)8-19-13-3-1-10(2-4-13)14(17)18/h5-7,10,13H,1-4,8H2,(H,17,18). The zero-order chi connectivity index (χ0) is 13.8. The van der Waals surface area contributed by atoms with Crippen LogP contribution in [0.4, 0.5) is 4.39 Å². The Morgan fingerprint density at radius 1 is 1.32 bits per heavy atom. The molecule has 0 aromatic heterocycles. The maximum absolute atomic E-state index is 13.1. The van der Waals surface area contributed by atoms with E-state index in [2.05, 4.69) is 0 Å². The lowest BCUT2D eigenvalue weighted by atomic mass is 9.87. The van der Waals surface area contributed by atoms with Crippen molar-refractivity contribution in [2.45, 2.75) is 38.4 Å². The Morgan fingerprint density at radius 2 is 2.00 bits per heavy atom. The van der Waals surface area contributed by atoms with Crippen molar-refractivity contribution in [2.24, 2.45) is 5.92 Å². The number of carboxylic acids is 1. The van der Waals surface area contributed by atoms with Crippen LogP contribution >= 0.6 is 11.6 Å². The number of carboxylic acid groups (broad SMARTS) is 1. The van der Waals surface area contributed by atoms with Crippen LogP contribution in [0.5, 0.6) is 0 Å². The van der Waals surface area contributed by atoms with Crippen molar-refractivity contribution in [1.82, 2.24) is 0 Å². The molecule has 1 N–H and O–H groups in total. The summed E-state index contributed by atoms with van der Waals surface area (Å²) in [4.78, 5) is 10.8. The van der Waals surface area contributed by atoms with Crippen molar-refractivity contribution in [3.05, 3.63) is 34.6 Å². The van der Waals surface area contributed by atoms with Crippen LogP contribution in [0.25, 0.3) is 0 Å². The van der Waals surface area contributed by atoms with Crippen molar-refractivity contribution in [3.8, 4) is 0 Å². The molecule has 0 heterocycles. The maximum atomic E-state index is 13.1. The van der Waals surface area contributed by atoms with Crippen molar-refractivity contribution < 1.29 is 19.0 Å². The van der Waals surface area contributed by atoms with Crippen molar-refractivity contribution in [1.29, 1.82) is 0 Å². The van der Waals surface area contributed by atoms with E-state index in [-0.39, 0.29) is 17.8 Å². The summed E-state index contributed by atoms with van der Waals surface area (Å²) >= 11 is 5.76. The zero-order valence-corrected chi connectivity index (χ0v) is 11.2. The van der Waals surface area contributed by atoms with Crippen LogP contribution in [0.1, 0.15) is 31.2 Å². The van der Waals surface area contributed by atoms with E-state index < -0.39 is 5.97 Å². The second-order valence-corrected chi connectivity index (χ2v) is 5.34. The molecule has 0 unspecified atom stereocenters. The topological polar surface area (TPSA) is 46.5 Å². The summed E-state index contributed by atoms with van der Waals surface area (Å²) in [5.41, 5.74) is 0.699. The average Bonchev–Trinajstić information content (AvgIpc) is 2.36. The molecule has 3 nitrogen and oxygen atoms in total. The predicted octanol–water partition coefficient (Wildman–Crippen LogP) is 3.64. The Labute approximate surface area is 116 Å². The van der Waals surface area contributed by atoms with Gasteiger partial charge in [-0.3, -0.25) is 4.79 Å². The van der Waals surface area contributed by atoms with Gasteiger partial charge >= 0.3 is 5.97 Å². The monoisotopic (exact) mass is 286 g/mol. The van der Waals surface area contributed by atoms with E-state index in [1.165, 1.54) is 12.1 Å². The number of halogens is 2. The molecule has 104 valence electrons. The molecule has 1 saturated carbocycles. The minimum atomic E-state index is -0.727. The lowest BCUT2D eigenvalue weighted by Crippen LogP contribution is -2.25. The summed E-state index contributed by atoms with van der Waals surface area (Å²) in [7, 11) is 0. The third kappa shape index (κ3) is 4.18. The van der Waals surface area contributed by atoms with Gasteiger partial charge in [0.05, 0.1) is 18.6 Å². The third-order valence-electron chi connectivity index (χ3n) is 3.43. The highest BCUT2D eigenvalue weighted by molar-refractivity contribution is 6.30. The lowest BCUT2D eigenvalue weighted by molar-refractivity contribution is -0.143. The van der Waals surface area contributed by atoms with Gasteiger partial charge in [-0.05, 0) is 49.4 Å². The zero-order valence-electron chi connectivity index (χ0n) is 10.4. The van der Waals surface area contributed by atoms with E-state index in [1.807, 2.05) is 0 Å². The molecule has 0 radical (unpaired) electrons. The van der Waals surface area contributed by atoms with E-state index in [4.69, 9.17) is 21.4 Å². The molecule has 5 heteroatoms. The molecule has 0 aliphatic heterocycles. The molecule has 1 aliphatic carbocycles. The second-order valence-electron chi connectivity index (χ2n) is 4.90. The number of hydrogen-bond acceptors (Lipinski definition) is 2. The molecule has 1 aromatic rings. The summed E-state index contributed by atoms with van der Waals surface area (Å²) in [6, 6.07) is 4.32. The quantitative estimate of drug-likeness (QED) is 0.919. The number of rotatable bonds is 4. The first kappa shape index (κ1) is 14.3. The van der Waals surface area contributed by atoms with Gasteiger partial charge in [-0.15, -0.1) is 0 Å². The number of benzene rings is 1. The highest BCUT2D eigenvalue weighted by atomic mass is 35.5. The SMILES string of the molecule is O=C(O)C1CCC(OCc2cc(F)cc(Cl)c2)CC1. The van der Waals surface area contributed by atoms with E-state index in [9.17, 15) is 9.18 Å². The largest absolute Gasteiger partial charge is 0.481 e. The normalized spacial score (nSPS) is 23.3. The molecule has 19 heavy (non-hydrogen) atoms. The molecule has 0 bridgehead atoms. The van der Waals surface area contributed by atoms with Crippen LogP contribution < -0.4 is 0 Å². The van der Waals surface area contributed by atoms with Crippen molar-refractivity contribution >= 4 is 17.6 Å². The van der Waals surface area contributed by atoms with E-state index in [0.717, 1.165) is 12.8 Å². The average molecular weight is 287 g/mol. The maximum Gasteiger partial charge on any atom is 0.306 e. The summed E-state index contributed by atoms with van der Waals surface area (Å²) in [5.74, 6) is -1.35. The van der Waals surface area contributed by atoms with Gasteiger partial charge in [0.15, 0.2) is 0 Å². The van der Waals surface area contributed by atoms with Crippen molar-refractivity contribution in [3.63, 3.8) is 0 Å². The van der Waals surface area contributed by atoms with E-state index in [1.54, 1.807) is 6.07 Å². The number of carbonyl (C=O) groups is 1. The molecule has 1 aliphatic rings. The summed E-state index contributed by atoms with van der Waals surface area (Å²) in [6.07, 6.45) is 2.81. The highest BCUT2D eigenvalue weighted by Crippen LogP contribution is 2.27. The Kier molecular flexibility index (Phi) is 4.77. The molecule has 1 aromatic carbocycles. The predicted molar refractivity (Wildman–Crippen MR) is 69.6 cm³/mol. The first-order valence-electron chi connectivity index (χ1n) is 6.34.